The minimum Gasteiger partial charge on any atom is -0.495 e. The van der Waals surface area contributed by atoms with E-state index < -0.39 is 11.7 Å². The summed E-state index contributed by atoms with van der Waals surface area (Å²) in [5.74, 6) is -0.210. The fourth-order valence-electron chi connectivity index (χ4n) is 2.75. The van der Waals surface area contributed by atoms with Gasteiger partial charge in [0.15, 0.2) is 0 Å². The summed E-state index contributed by atoms with van der Waals surface area (Å²) in [5, 5.41) is 3.57. The number of para-hydroxylation sites is 1. The van der Waals surface area contributed by atoms with Gasteiger partial charge in [-0.25, -0.2) is 0 Å². The van der Waals surface area contributed by atoms with E-state index in [0.29, 0.717) is 6.54 Å². The van der Waals surface area contributed by atoms with Crippen molar-refractivity contribution < 1.29 is 22.7 Å². The van der Waals surface area contributed by atoms with E-state index in [1.807, 2.05) is 41.1 Å². The Hall–Kier alpha value is -2.96. The second kappa shape index (κ2) is 7.11. The molecule has 2 aromatic carbocycles. The SMILES string of the molecule is COc1ccc(C(F)(F)F)cc1NC(=O)CCn1ccc2ccccc21. The molecule has 3 aromatic rings. The number of anilines is 1. The van der Waals surface area contributed by atoms with E-state index >= 15 is 0 Å². The van der Waals surface area contributed by atoms with Crippen molar-refractivity contribution in [1.29, 1.82) is 0 Å². The number of alkyl halides is 3. The van der Waals surface area contributed by atoms with Crippen molar-refractivity contribution in [2.24, 2.45) is 0 Å². The molecule has 1 N–H and O–H groups in total. The molecule has 0 unspecified atom stereocenters. The number of nitrogens with one attached hydrogen (secondary N) is 1. The molecule has 7 heteroatoms. The number of carbonyl (C=O) groups excluding carboxylic acids is 1. The lowest BCUT2D eigenvalue weighted by Crippen LogP contribution is -2.16. The quantitative estimate of drug-likeness (QED) is 0.715. The molecule has 1 amide bonds. The largest absolute Gasteiger partial charge is 0.495 e. The first kappa shape index (κ1) is 17.8. The molecule has 26 heavy (non-hydrogen) atoms. The number of halogens is 3. The van der Waals surface area contributed by atoms with Crippen LogP contribution in [0, 0.1) is 0 Å². The second-order valence-electron chi connectivity index (χ2n) is 5.78. The minimum absolute atomic E-state index is 0.00434. The van der Waals surface area contributed by atoms with Gasteiger partial charge in [0, 0.05) is 24.7 Å². The number of methoxy groups -OCH3 is 1. The van der Waals surface area contributed by atoms with E-state index in [1.54, 1.807) is 0 Å². The average Bonchev–Trinajstić information content (AvgIpc) is 3.02. The maximum Gasteiger partial charge on any atom is 0.416 e. The number of benzene rings is 2. The van der Waals surface area contributed by atoms with Gasteiger partial charge in [0.05, 0.1) is 18.4 Å². The van der Waals surface area contributed by atoms with Crippen molar-refractivity contribution in [3.8, 4) is 5.75 Å². The van der Waals surface area contributed by atoms with Crippen LogP contribution in [0.3, 0.4) is 0 Å². The molecule has 0 aliphatic rings. The van der Waals surface area contributed by atoms with Crippen LogP contribution in [0.2, 0.25) is 0 Å². The van der Waals surface area contributed by atoms with E-state index in [2.05, 4.69) is 5.32 Å². The highest BCUT2D eigenvalue weighted by Gasteiger charge is 2.31. The Morgan fingerprint density at radius 1 is 1.15 bits per heavy atom. The number of hydrogen-bond donors (Lipinski definition) is 1. The summed E-state index contributed by atoms with van der Waals surface area (Å²) < 4.78 is 45.6. The average molecular weight is 362 g/mol. The fourth-order valence-corrected chi connectivity index (χ4v) is 2.75. The van der Waals surface area contributed by atoms with Crippen LogP contribution in [0.4, 0.5) is 18.9 Å². The number of amides is 1. The molecule has 0 saturated carbocycles. The summed E-state index contributed by atoms with van der Waals surface area (Å²) in [6.45, 7) is 0.417. The van der Waals surface area contributed by atoms with Crippen molar-refractivity contribution in [1.82, 2.24) is 4.57 Å². The molecular weight excluding hydrogens is 345 g/mol. The Kier molecular flexibility index (Phi) is 4.88. The van der Waals surface area contributed by atoms with Gasteiger partial charge in [-0.15, -0.1) is 0 Å². The molecule has 136 valence electrons. The van der Waals surface area contributed by atoms with Gasteiger partial charge < -0.3 is 14.6 Å². The van der Waals surface area contributed by atoms with Gasteiger partial charge in [0.1, 0.15) is 5.75 Å². The van der Waals surface area contributed by atoms with Crippen molar-refractivity contribution in [2.75, 3.05) is 12.4 Å². The summed E-state index contributed by atoms with van der Waals surface area (Å²) in [6, 6.07) is 12.7. The van der Waals surface area contributed by atoms with E-state index in [4.69, 9.17) is 4.74 Å². The van der Waals surface area contributed by atoms with Gasteiger partial charge in [0.2, 0.25) is 5.91 Å². The first-order chi connectivity index (χ1) is 12.4. The first-order valence-electron chi connectivity index (χ1n) is 7.97. The smallest absolute Gasteiger partial charge is 0.416 e. The van der Waals surface area contributed by atoms with Crippen molar-refractivity contribution in [3.63, 3.8) is 0 Å². The van der Waals surface area contributed by atoms with Crippen LogP contribution in [0.5, 0.6) is 5.75 Å². The van der Waals surface area contributed by atoms with Crippen LogP contribution in [0.15, 0.2) is 54.7 Å². The van der Waals surface area contributed by atoms with Gasteiger partial charge in [-0.2, -0.15) is 13.2 Å². The van der Waals surface area contributed by atoms with Crippen molar-refractivity contribution in [3.05, 3.63) is 60.3 Å². The lowest BCUT2D eigenvalue weighted by molar-refractivity contribution is -0.137. The third-order valence-electron chi connectivity index (χ3n) is 4.06. The van der Waals surface area contributed by atoms with Gasteiger partial charge >= 0.3 is 6.18 Å². The molecule has 0 aliphatic carbocycles. The minimum atomic E-state index is -4.49. The van der Waals surface area contributed by atoms with Gasteiger partial charge in [-0.3, -0.25) is 4.79 Å². The number of hydrogen-bond acceptors (Lipinski definition) is 2. The zero-order valence-electron chi connectivity index (χ0n) is 14.0. The van der Waals surface area contributed by atoms with E-state index in [0.717, 1.165) is 23.0 Å². The van der Waals surface area contributed by atoms with E-state index in [1.165, 1.54) is 13.2 Å². The van der Waals surface area contributed by atoms with Crippen LogP contribution in [-0.4, -0.2) is 17.6 Å². The van der Waals surface area contributed by atoms with Crippen LogP contribution in [-0.2, 0) is 17.5 Å². The van der Waals surface area contributed by atoms with E-state index in [-0.39, 0.29) is 23.8 Å². The topological polar surface area (TPSA) is 43.3 Å². The molecule has 0 atom stereocenters. The molecular formula is C19H17F3N2O2. The Morgan fingerprint density at radius 3 is 2.65 bits per heavy atom. The lowest BCUT2D eigenvalue weighted by Gasteiger charge is -2.14. The monoisotopic (exact) mass is 362 g/mol. The number of ether oxygens (including phenoxy) is 1. The summed E-state index contributed by atoms with van der Waals surface area (Å²) in [6.07, 6.45) is -2.49. The normalized spacial score (nSPS) is 11.5. The molecule has 3 rings (SSSR count). The molecule has 0 spiro atoms. The third kappa shape index (κ3) is 3.82. The highest BCUT2D eigenvalue weighted by molar-refractivity contribution is 5.92. The number of carbonyl (C=O) groups is 1. The lowest BCUT2D eigenvalue weighted by atomic mass is 10.1. The Balaban J connectivity index is 1.71. The van der Waals surface area contributed by atoms with Gasteiger partial charge in [-0.05, 0) is 35.7 Å². The van der Waals surface area contributed by atoms with Crippen LogP contribution in [0.25, 0.3) is 10.9 Å². The van der Waals surface area contributed by atoms with Gasteiger partial charge in [0.25, 0.3) is 0 Å². The molecule has 1 aromatic heterocycles. The van der Waals surface area contributed by atoms with Crippen molar-refractivity contribution in [2.45, 2.75) is 19.1 Å². The number of rotatable bonds is 5. The number of nitrogens with zero attached hydrogens (tertiary/aromatic N) is 1. The molecule has 0 bridgehead atoms. The Bertz CT molecular complexity index is 932. The zero-order chi connectivity index (χ0) is 18.7. The van der Waals surface area contributed by atoms with Crippen molar-refractivity contribution >= 4 is 22.5 Å². The predicted molar refractivity (Wildman–Crippen MR) is 93.2 cm³/mol. The first-order valence-corrected chi connectivity index (χ1v) is 7.97. The number of aromatic nitrogens is 1. The highest BCUT2D eigenvalue weighted by Crippen LogP contribution is 2.35. The standard InChI is InChI=1S/C19H17F3N2O2/c1-26-17-7-6-14(19(20,21)22)12-15(17)23-18(25)9-11-24-10-8-13-4-2-3-5-16(13)24/h2-8,10,12H,9,11H2,1H3,(H,23,25). The van der Waals surface area contributed by atoms with Crippen LogP contribution < -0.4 is 10.1 Å². The summed E-state index contributed by atoms with van der Waals surface area (Å²) in [4.78, 5) is 12.2. The Labute approximate surface area is 148 Å². The van der Waals surface area contributed by atoms with E-state index in [9.17, 15) is 18.0 Å². The van der Waals surface area contributed by atoms with Crippen LogP contribution in [0.1, 0.15) is 12.0 Å². The summed E-state index contributed by atoms with van der Waals surface area (Å²) in [5.41, 5.74) is 0.159. The Morgan fingerprint density at radius 2 is 1.92 bits per heavy atom. The predicted octanol–water partition coefficient (Wildman–Crippen LogP) is 4.70. The number of fused-ring (bicyclic) bond motifs is 1. The molecule has 0 aliphatic heterocycles. The molecule has 0 fully saturated rings. The molecule has 0 saturated heterocycles. The summed E-state index contributed by atoms with van der Waals surface area (Å²) in [7, 11) is 1.34. The maximum absolute atomic E-state index is 12.9. The second-order valence-corrected chi connectivity index (χ2v) is 5.78. The summed E-state index contributed by atoms with van der Waals surface area (Å²) >= 11 is 0. The maximum atomic E-state index is 12.9. The third-order valence-corrected chi connectivity index (χ3v) is 4.06. The van der Waals surface area contributed by atoms with Gasteiger partial charge in [-0.1, -0.05) is 18.2 Å². The molecule has 4 nitrogen and oxygen atoms in total. The highest BCUT2D eigenvalue weighted by atomic mass is 19.4. The molecule has 0 radical (unpaired) electrons. The van der Waals surface area contributed by atoms with Crippen LogP contribution >= 0.6 is 0 Å². The zero-order valence-corrected chi connectivity index (χ0v) is 14.0. The molecule has 1 heterocycles. The number of aryl methyl sites for hydroxylation is 1. The fraction of sp³-hybridized carbons (Fsp3) is 0.211.